The molecule has 0 aromatic heterocycles. The summed E-state index contributed by atoms with van der Waals surface area (Å²) in [7, 11) is 0. The topological polar surface area (TPSA) is 52.7 Å². The third kappa shape index (κ3) is 4.71. The number of unbranched alkanes of at least 4 members (excludes halogenated alkanes) is 1. The lowest BCUT2D eigenvalue weighted by molar-refractivity contribution is -0.148. The number of anilines is 1. The molecule has 138 valence electrons. The molecule has 0 saturated carbocycles. The molecule has 1 saturated heterocycles. The maximum atomic E-state index is 13.0. The van der Waals surface area contributed by atoms with Crippen LogP contribution in [0.15, 0.2) is 24.3 Å². The van der Waals surface area contributed by atoms with E-state index in [1.54, 1.807) is 30.9 Å². The summed E-state index contributed by atoms with van der Waals surface area (Å²) in [6.45, 7) is 8.49. The molecule has 0 atom stereocenters. The molecule has 1 aliphatic rings. The molecule has 0 spiro atoms. The number of rotatable bonds is 6. The van der Waals surface area contributed by atoms with Crippen LogP contribution < -0.4 is 10.2 Å². The largest absolute Gasteiger partial charge is 0.368 e. The van der Waals surface area contributed by atoms with E-state index in [4.69, 9.17) is 0 Å². The van der Waals surface area contributed by atoms with Crippen LogP contribution in [-0.2, 0) is 9.59 Å². The van der Waals surface area contributed by atoms with Gasteiger partial charge < -0.3 is 15.1 Å². The molecule has 1 fully saturated rings. The Labute approximate surface area is 149 Å². The predicted molar refractivity (Wildman–Crippen MR) is 96.9 cm³/mol. The highest BCUT2D eigenvalue weighted by atomic mass is 19.1. The van der Waals surface area contributed by atoms with Gasteiger partial charge in [0.15, 0.2) is 0 Å². The molecular weight excluding hydrogens is 321 g/mol. The highest BCUT2D eigenvalue weighted by molar-refractivity contribution is 6.04. The van der Waals surface area contributed by atoms with E-state index in [0.29, 0.717) is 32.7 Å². The zero-order chi connectivity index (χ0) is 18.4. The molecule has 0 radical (unpaired) electrons. The van der Waals surface area contributed by atoms with Crippen molar-refractivity contribution >= 4 is 17.5 Å². The van der Waals surface area contributed by atoms with Gasteiger partial charge in [-0.25, -0.2) is 4.39 Å². The number of piperazine rings is 1. The Balaban J connectivity index is 1.91. The lowest BCUT2D eigenvalue weighted by atomic mass is 9.90. The SMILES string of the molecule is CCCCNC(=O)C(C)(C)C(=O)N1CCN(c2ccc(F)cc2)CC1. The first-order valence-corrected chi connectivity index (χ1v) is 8.94. The second-order valence-corrected chi connectivity index (χ2v) is 6.99. The Hall–Kier alpha value is -2.11. The van der Waals surface area contributed by atoms with E-state index < -0.39 is 5.41 Å². The predicted octanol–water partition coefficient (Wildman–Crippen LogP) is 2.42. The number of nitrogens with one attached hydrogen (secondary N) is 1. The van der Waals surface area contributed by atoms with Crippen LogP contribution in [0.25, 0.3) is 0 Å². The Morgan fingerprint density at radius 1 is 1.12 bits per heavy atom. The molecular formula is C19H28FN3O2. The number of hydrogen-bond donors (Lipinski definition) is 1. The minimum Gasteiger partial charge on any atom is -0.368 e. The van der Waals surface area contributed by atoms with Crippen molar-refractivity contribution in [2.75, 3.05) is 37.6 Å². The summed E-state index contributed by atoms with van der Waals surface area (Å²) in [4.78, 5) is 29.0. The zero-order valence-corrected chi connectivity index (χ0v) is 15.3. The summed E-state index contributed by atoms with van der Waals surface area (Å²) >= 11 is 0. The minimum absolute atomic E-state index is 0.139. The van der Waals surface area contributed by atoms with Crippen molar-refractivity contribution in [1.82, 2.24) is 10.2 Å². The van der Waals surface area contributed by atoms with Gasteiger partial charge in [0.1, 0.15) is 11.2 Å². The van der Waals surface area contributed by atoms with Crippen molar-refractivity contribution in [2.24, 2.45) is 5.41 Å². The third-order valence-corrected chi connectivity index (χ3v) is 4.68. The Bertz CT molecular complexity index is 593. The number of carbonyl (C=O) groups excluding carboxylic acids is 2. The van der Waals surface area contributed by atoms with Gasteiger partial charge >= 0.3 is 0 Å². The van der Waals surface area contributed by atoms with Crippen molar-refractivity contribution < 1.29 is 14.0 Å². The lowest BCUT2D eigenvalue weighted by Crippen LogP contribution is -2.55. The number of nitrogens with zero attached hydrogens (tertiary/aromatic N) is 2. The molecule has 1 heterocycles. The highest BCUT2D eigenvalue weighted by Crippen LogP contribution is 2.22. The Kier molecular flexibility index (Phi) is 6.39. The first kappa shape index (κ1) is 19.2. The average Bonchev–Trinajstić information content (AvgIpc) is 2.62. The van der Waals surface area contributed by atoms with Crippen LogP contribution in [0.5, 0.6) is 0 Å². The van der Waals surface area contributed by atoms with Gasteiger partial charge in [-0.2, -0.15) is 0 Å². The molecule has 0 unspecified atom stereocenters. The van der Waals surface area contributed by atoms with Crippen LogP contribution in [0.4, 0.5) is 10.1 Å². The normalized spacial score (nSPS) is 15.2. The van der Waals surface area contributed by atoms with E-state index in [1.807, 2.05) is 0 Å². The number of amides is 2. The van der Waals surface area contributed by atoms with E-state index in [0.717, 1.165) is 18.5 Å². The van der Waals surface area contributed by atoms with Crippen molar-refractivity contribution in [1.29, 1.82) is 0 Å². The van der Waals surface area contributed by atoms with Crippen LogP contribution in [0.3, 0.4) is 0 Å². The second kappa shape index (κ2) is 8.32. The molecule has 1 aromatic rings. The van der Waals surface area contributed by atoms with Crippen molar-refractivity contribution in [3.05, 3.63) is 30.1 Å². The van der Waals surface area contributed by atoms with Gasteiger partial charge in [0.2, 0.25) is 11.8 Å². The molecule has 6 heteroatoms. The first-order valence-electron chi connectivity index (χ1n) is 8.94. The van der Waals surface area contributed by atoms with E-state index in [1.165, 1.54) is 12.1 Å². The number of halogens is 1. The molecule has 0 bridgehead atoms. The highest BCUT2D eigenvalue weighted by Gasteiger charge is 2.39. The average molecular weight is 349 g/mol. The summed E-state index contributed by atoms with van der Waals surface area (Å²) in [6.07, 6.45) is 1.91. The zero-order valence-electron chi connectivity index (χ0n) is 15.3. The van der Waals surface area contributed by atoms with Gasteiger partial charge in [-0.15, -0.1) is 0 Å². The van der Waals surface area contributed by atoms with Crippen LogP contribution in [0.2, 0.25) is 0 Å². The van der Waals surface area contributed by atoms with Crippen LogP contribution in [0, 0.1) is 11.2 Å². The van der Waals surface area contributed by atoms with Crippen LogP contribution in [0.1, 0.15) is 33.6 Å². The fourth-order valence-corrected chi connectivity index (χ4v) is 2.91. The fourth-order valence-electron chi connectivity index (χ4n) is 2.91. The van der Waals surface area contributed by atoms with E-state index >= 15 is 0 Å². The summed E-state index contributed by atoms with van der Waals surface area (Å²) < 4.78 is 13.0. The van der Waals surface area contributed by atoms with Gasteiger partial charge in [0.25, 0.3) is 0 Å². The van der Waals surface area contributed by atoms with Crippen molar-refractivity contribution in [3.8, 4) is 0 Å². The van der Waals surface area contributed by atoms with Crippen LogP contribution in [-0.4, -0.2) is 49.4 Å². The Morgan fingerprint density at radius 2 is 1.72 bits per heavy atom. The standard InChI is InChI=1S/C19H28FN3O2/c1-4-5-10-21-17(24)19(2,3)18(25)23-13-11-22(12-14-23)16-8-6-15(20)7-9-16/h6-9H,4-5,10-14H2,1-3H3,(H,21,24). The fraction of sp³-hybridized carbons (Fsp3) is 0.579. The molecule has 2 amide bonds. The van der Waals surface area contributed by atoms with E-state index in [9.17, 15) is 14.0 Å². The smallest absolute Gasteiger partial charge is 0.237 e. The van der Waals surface area contributed by atoms with Gasteiger partial charge in [0, 0.05) is 38.4 Å². The number of carbonyl (C=O) groups is 2. The summed E-state index contributed by atoms with van der Waals surface area (Å²) in [5, 5.41) is 2.85. The van der Waals surface area contributed by atoms with Gasteiger partial charge in [-0.1, -0.05) is 13.3 Å². The maximum absolute atomic E-state index is 13.0. The van der Waals surface area contributed by atoms with Gasteiger partial charge in [-0.3, -0.25) is 9.59 Å². The first-order chi connectivity index (χ1) is 11.9. The van der Waals surface area contributed by atoms with Crippen LogP contribution >= 0.6 is 0 Å². The summed E-state index contributed by atoms with van der Waals surface area (Å²) in [6, 6.07) is 6.38. The lowest BCUT2D eigenvalue weighted by Gasteiger charge is -2.39. The van der Waals surface area contributed by atoms with E-state index in [-0.39, 0.29) is 17.6 Å². The van der Waals surface area contributed by atoms with Crippen molar-refractivity contribution in [3.63, 3.8) is 0 Å². The molecule has 0 aliphatic carbocycles. The molecule has 1 aromatic carbocycles. The number of hydrogen-bond acceptors (Lipinski definition) is 3. The monoisotopic (exact) mass is 349 g/mol. The summed E-state index contributed by atoms with van der Waals surface area (Å²) in [5.41, 5.74) is -0.115. The second-order valence-electron chi connectivity index (χ2n) is 6.99. The summed E-state index contributed by atoms with van der Waals surface area (Å²) in [5.74, 6) is -0.611. The third-order valence-electron chi connectivity index (χ3n) is 4.68. The van der Waals surface area contributed by atoms with Gasteiger partial charge in [-0.05, 0) is 44.5 Å². The molecule has 1 aliphatic heterocycles. The Morgan fingerprint density at radius 3 is 2.28 bits per heavy atom. The van der Waals surface area contributed by atoms with Crippen molar-refractivity contribution in [2.45, 2.75) is 33.6 Å². The molecule has 1 N–H and O–H groups in total. The minimum atomic E-state index is -1.06. The maximum Gasteiger partial charge on any atom is 0.237 e. The molecule has 2 rings (SSSR count). The molecule has 5 nitrogen and oxygen atoms in total. The molecule has 25 heavy (non-hydrogen) atoms. The number of benzene rings is 1. The quantitative estimate of drug-likeness (QED) is 0.634. The van der Waals surface area contributed by atoms with E-state index in [2.05, 4.69) is 17.1 Å². The van der Waals surface area contributed by atoms with Gasteiger partial charge in [0.05, 0.1) is 0 Å².